The van der Waals surface area contributed by atoms with Crippen LogP contribution in [0.5, 0.6) is 0 Å². The SMILES string of the molecule is COCc1cccc(N2CC(CN)CC2=O)c1. The van der Waals surface area contributed by atoms with E-state index in [-0.39, 0.29) is 11.8 Å². The number of carbonyl (C=O) groups is 1. The van der Waals surface area contributed by atoms with E-state index in [1.54, 1.807) is 7.11 Å². The first-order valence-electron chi connectivity index (χ1n) is 5.83. The van der Waals surface area contributed by atoms with Gasteiger partial charge in [-0.1, -0.05) is 12.1 Å². The maximum atomic E-state index is 11.9. The van der Waals surface area contributed by atoms with Gasteiger partial charge >= 0.3 is 0 Å². The molecule has 0 aromatic heterocycles. The number of anilines is 1. The minimum Gasteiger partial charge on any atom is -0.380 e. The minimum absolute atomic E-state index is 0.162. The van der Waals surface area contributed by atoms with E-state index in [4.69, 9.17) is 10.5 Å². The Bertz CT molecular complexity index is 406. The van der Waals surface area contributed by atoms with Gasteiger partial charge in [-0.2, -0.15) is 0 Å². The number of methoxy groups -OCH3 is 1. The molecule has 1 heterocycles. The normalized spacial score (nSPS) is 20.0. The highest BCUT2D eigenvalue weighted by atomic mass is 16.5. The molecule has 0 radical (unpaired) electrons. The summed E-state index contributed by atoms with van der Waals surface area (Å²) in [5, 5.41) is 0. The highest BCUT2D eigenvalue weighted by molar-refractivity contribution is 5.95. The zero-order valence-electron chi connectivity index (χ0n) is 10.1. The number of benzene rings is 1. The van der Waals surface area contributed by atoms with Crippen molar-refractivity contribution >= 4 is 11.6 Å². The van der Waals surface area contributed by atoms with Gasteiger partial charge < -0.3 is 15.4 Å². The number of rotatable bonds is 4. The third kappa shape index (κ3) is 2.65. The van der Waals surface area contributed by atoms with E-state index >= 15 is 0 Å². The number of carbonyl (C=O) groups excluding carboxylic acids is 1. The van der Waals surface area contributed by atoms with Crippen LogP contribution in [0.25, 0.3) is 0 Å². The number of nitrogens with two attached hydrogens (primary N) is 1. The van der Waals surface area contributed by atoms with E-state index in [9.17, 15) is 4.79 Å². The van der Waals surface area contributed by atoms with E-state index in [0.717, 1.165) is 17.8 Å². The van der Waals surface area contributed by atoms with E-state index in [2.05, 4.69) is 0 Å². The van der Waals surface area contributed by atoms with Crippen LogP contribution in [-0.4, -0.2) is 26.1 Å². The van der Waals surface area contributed by atoms with Crippen LogP contribution in [0.4, 0.5) is 5.69 Å². The molecule has 0 spiro atoms. The maximum Gasteiger partial charge on any atom is 0.227 e. The van der Waals surface area contributed by atoms with Gasteiger partial charge in [-0.05, 0) is 30.2 Å². The molecule has 1 atom stereocenters. The Morgan fingerprint density at radius 1 is 1.53 bits per heavy atom. The van der Waals surface area contributed by atoms with Crippen molar-refractivity contribution in [3.05, 3.63) is 29.8 Å². The number of ether oxygens (including phenoxy) is 1. The Morgan fingerprint density at radius 2 is 2.35 bits per heavy atom. The fourth-order valence-electron chi connectivity index (χ4n) is 2.17. The van der Waals surface area contributed by atoms with Crippen LogP contribution < -0.4 is 10.6 Å². The molecule has 2 N–H and O–H groups in total. The predicted octanol–water partition coefficient (Wildman–Crippen LogP) is 1.14. The van der Waals surface area contributed by atoms with Gasteiger partial charge in [0.05, 0.1) is 6.61 Å². The first-order valence-corrected chi connectivity index (χ1v) is 5.83. The molecule has 1 saturated heterocycles. The summed E-state index contributed by atoms with van der Waals surface area (Å²) in [6.45, 7) is 1.86. The second-order valence-corrected chi connectivity index (χ2v) is 4.41. The molecule has 1 aliphatic heterocycles. The fourth-order valence-corrected chi connectivity index (χ4v) is 2.17. The molecular weight excluding hydrogens is 216 g/mol. The molecule has 1 amide bonds. The van der Waals surface area contributed by atoms with Crippen LogP contribution in [0, 0.1) is 5.92 Å². The van der Waals surface area contributed by atoms with E-state index in [0.29, 0.717) is 19.6 Å². The topological polar surface area (TPSA) is 55.6 Å². The molecular formula is C13H18N2O2. The van der Waals surface area contributed by atoms with Gasteiger partial charge in [0.1, 0.15) is 0 Å². The largest absolute Gasteiger partial charge is 0.380 e. The summed E-state index contributed by atoms with van der Waals surface area (Å²) < 4.78 is 5.09. The lowest BCUT2D eigenvalue weighted by Gasteiger charge is -2.17. The lowest BCUT2D eigenvalue weighted by molar-refractivity contribution is -0.117. The van der Waals surface area contributed by atoms with Crippen LogP contribution in [-0.2, 0) is 16.1 Å². The zero-order chi connectivity index (χ0) is 12.3. The first kappa shape index (κ1) is 12.1. The Kier molecular flexibility index (Phi) is 3.76. The van der Waals surface area contributed by atoms with Gasteiger partial charge in [0, 0.05) is 25.8 Å². The lowest BCUT2D eigenvalue weighted by Crippen LogP contribution is -2.25. The molecule has 0 aliphatic carbocycles. The van der Waals surface area contributed by atoms with Gasteiger partial charge in [-0.15, -0.1) is 0 Å². The number of hydrogen-bond donors (Lipinski definition) is 1. The van der Waals surface area contributed by atoms with Gasteiger partial charge in [-0.25, -0.2) is 0 Å². The van der Waals surface area contributed by atoms with Crippen LogP contribution in [0.3, 0.4) is 0 Å². The summed E-state index contributed by atoms with van der Waals surface area (Å²) in [5.41, 5.74) is 7.64. The third-order valence-electron chi connectivity index (χ3n) is 3.07. The summed E-state index contributed by atoms with van der Waals surface area (Å²) >= 11 is 0. The average Bonchev–Trinajstić information content (AvgIpc) is 2.71. The molecule has 0 saturated carbocycles. The number of hydrogen-bond acceptors (Lipinski definition) is 3. The van der Waals surface area contributed by atoms with Crippen LogP contribution >= 0.6 is 0 Å². The fraction of sp³-hybridized carbons (Fsp3) is 0.462. The Labute approximate surface area is 101 Å². The van der Waals surface area contributed by atoms with Crippen molar-refractivity contribution in [1.29, 1.82) is 0 Å². The quantitative estimate of drug-likeness (QED) is 0.850. The monoisotopic (exact) mass is 234 g/mol. The molecule has 4 nitrogen and oxygen atoms in total. The first-order chi connectivity index (χ1) is 8.24. The van der Waals surface area contributed by atoms with Crippen molar-refractivity contribution < 1.29 is 9.53 Å². The summed E-state index contributed by atoms with van der Waals surface area (Å²) in [7, 11) is 1.66. The van der Waals surface area contributed by atoms with Crippen LogP contribution in [0.1, 0.15) is 12.0 Å². The van der Waals surface area contributed by atoms with Gasteiger partial charge in [0.25, 0.3) is 0 Å². The van der Waals surface area contributed by atoms with Gasteiger partial charge in [0.2, 0.25) is 5.91 Å². The molecule has 1 fully saturated rings. The Balaban J connectivity index is 2.16. The number of amides is 1. The molecule has 1 aromatic rings. The smallest absolute Gasteiger partial charge is 0.227 e. The Hall–Kier alpha value is -1.39. The summed E-state index contributed by atoms with van der Waals surface area (Å²) in [5.74, 6) is 0.448. The van der Waals surface area contributed by atoms with E-state index in [1.165, 1.54) is 0 Å². The van der Waals surface area contributed by atoms with Crippen molar-refractivity contribution in [1.82, 2.24) is 0 Å². The van der Waals surface area contributed by atoms with Crippen LogP contribution in [0.15, 0.2) is 24.3 Å². The van der Waals surface area contributed by atoms with E-state index < -0.39 is 0 Å². The minimum atomic E-state index is 0.162. The highest BCUT2D eigenvalue weighted by Gasteiger charge is 2.29. The predicted molar refractivity (Wildman–Crippen MR) is 66.7 cm³/mol. The standard InChI is InChI=1S/C13H18N2O2/c1-17-9-10-3-2-4-12(5-10)15-8-11(7-14)6-13(15)16/h2-5,11H,6-9,14H2,1H3. The average molecular weight is 234 g/mol. The molecule has 4 heteroatoms. The van der Waals surface area contributed by atoms with E-state index in [1.807, 2.05) is 29.2 Å². The molecule has 2 rings (SSSR count). The molecule has 1 unspecified atom stereocenters. The highest BCUT2D eigenvalue weighted by Crippen LogP contribution is 2.25. The Morgan fingerprint density at radius 3 is 3.00 bits per heavy atom. The number of nitrogens with zero attached hydrogens (tertiary/aromatic N) is 1. The molecule has 1 aromatic carbocycles. The molecule has 0 bridgehead atoms. The maximum absolute atomic E-state index is 11.9. The molecule has 92 valence electrons. The third-order valence-corrected chi connectivity index (χ3v) is 3.07. The van der Waals surface area contributed by atoms with Crippen molar-refractivity contribution in [3.63, 3.8) is 0 Å². The van der Waals surface area contributed by atoms with Crippen LogP contribution in [0.2, 0.25) is 0 Å². The van der Waals surface area contributed by atoms with Crippen molar-refractivity contribution in [2.24, 2.45) is 11.7 Å². The lowest BCUT2D eigenvalue weighted by atomic mass is 10.1. The van der Waals surface area contributed by atoms with Gasteiger partial charge in [-0.3, -0.25) is 4.79 Å². The van der Waals surface area contributed by atoms with Crippen molar-refractivity contribution in [2.75, 3.05) is 25.1 Å². The van der Waals surface area contributed by atoms with Gasteiger partial charge in [0.15, 0.2) is 0 Å². The summed E-state index contributed by atoms with van der Waals surface area (Å²) in [4.78, 5) is 13.7. The second kappa shape index (κ2) is 5.29. The zero-order valence-corrected chi connectivity index (χ0v) is 10.1. The summed E-state index contributed by atoms with van der Waals surface area (Å²) in [6, 6.07) is 7.90. The van der Waals surface area contributed by atoms with Crippen molar-refractivity contribution in [3.8, 4) is 0 Å². The molecule has 1 aliphatic rings. The molecule has 17 heavy (non-hydrogen) atoms. The summed E-state index contributed by atoms with van der Waals surface area (Å²) in [6.07, 6.45) is 0.561. The second-order valence-electron chi connectivity index (χ2n) is 4.41. The van der Waals surface area contributed by atoms with Crippen molar-refractivity contribution in [2.45, 2.75) is 13.0 Å².